The van der Waals surface area contributed by atoms with E-state index in [1.807, 2.05) is 51.1 Å². The number of hydrogen-bond donors (Lipinski definition) is 0. The molecule has 0 bridgehead atoms. The third-order valence-electron chi connectivity index (χ3n) is 4.59. The number of fused-ring (bicyclic) bond motifs is 1. The molecule has 1 aromatic heterocycles. The first-order valence-electron chi connectivity index (χ1n) is 9.99. The number of esters is 1. The fourth-order valence-corrected chi connectivity index (χ4v) is 6.36. The van der Waals surface area contributed by atoms with E-state index in [1.165, 1.54) is 7.11 Å². The van der Waals surface area contributed by atoms with Crippen molar-refractivity contribution in [1.29, 1.82) is 0 Å². The number of benzene rings is 2. The minimum absolute atomic E-state index is 0.309. The van der Waals surface area contributed by atoms with Gasteiger partial charge < -0.3 is 0 Å². The van der Waals surface area contributed by atoms with Crippen molar-refractivity contribution in [3.05, 3.63) is 64.1 Å². The molecule has 32 heavy (non-hydrogen) atoms. The van der Waals surface area contributed by atoms with Gasteiger partial charge in [-0.1, -0.05) is 0 Å². The van der Waals surface area contributed by atoms with Gasteiger partial charge in [0.05, 0.1) is 0 Å². The van der Waals surface area contributed by atoms with Gasteiger partial charge in [-0.05, 0) is 0 Å². The standard InChI is InChI=1S/C24H24AsCl2NO4/c1-24(2,3)32-23(30)25-16(22(29)31-4)13-14-8-10-19-15(12-14)9-11-20(28-19)21-17(26)6-5-7-18(21)27/h5-12,16,25H,13H2,1-4H3. The molecule has 0 saturated carbocycles. The molecule has 0 amide bonds. The minimum atomic E-state index is -1.37. The Labute approximate surface area is 204 Å². The summed E-state index contributed by atoms with van der Waals surface area (Å²) in [6.07, 6.45) is 0.403. The van der Waals surface area contributed by atoms with Gasteiger partial charge in [0.15, 0.2) is 0 Å². The Morgan fingerprint density at radius 2 is 1.75 bits per heavy atom. The molecule has 168 valence electrons. The molecule has 0 saturated heterocycles. The predicted octanol–water partition coefficient (Wildman–Crippen LogP) is 6.08. The van der Waals surface area contributed by atoms with E-state index in [9.17, 15) is 9.59 Å². The molecule has 0 N–H and O–H groups in total. The number of halogens is 2. The van der Waals surface area contributed by atoms with Gasteiger partial charge in [0.25, 0.3) is 0 Å². The number of pyridine rings is 1. The van der Waals surface area contributed by atoms with Crippen molar-refractivity contribution in [1.82, 2.24) is 4.98 Å². The number of nitrogens with zero attached hydrogens (tertiary/aromatic N) is 1. The molecule has 2 aromatic carbocycles. The number of methoxy groups -OCH3 is 1. The van der Waals surface area contributed by atoms with Crippen LogP contribution in [0, 0.1) is 0 Å². The maximum atomic E-state index is 12.3. The molecule has 3 rings (SSSR count). The van der Waals surface area contributed by atoms with E-state index in [1.54, 1.807) is 18.2 Å². The average Bonchev–Trinajstić information content (AvgIpc) is 2.71. The van der Waals surface area contributed by atoms with E-state index >= 15 is 0 Å². The molecule has 1 heterocycles. The van der Waals surface area contributed by atoms with Crippen LogP contribution < -0.4 is 0 Å². The number of hydrogen-bond acceptors (Lipinski definition) is 5. The van der Waals surface area contributed by atoms with Crippen LogP contribution in [-0.4, -0.2) is 44.2 Å². The van der Waals surface area contributed by atoms with Gasteiger partial charge in [-0.25, -0.2) is 0 Å². The number of aromatic nitrogens is 1. The van der Waals surface area contributed by atoms with Crippen LogP contribution in [0.5, 0.6) is 0 Å². The molecule has 0 aliphatic heterocycles. The Hall–Kier alpha value is -2.07. The molecule has 5 nitrogen and oxygen atoms in total. The van der Waals surface area contributed by atoms with Crippen LogP contribution in [0.4, 0.5) is 4.79 Å². The third-order valence-corrected chi connectivity index (χ3v) is 7.58. The van der Waals surface area contributed by atoms with Gasteiger partial charge in [0, 0.05) is 0 Å². The zero-order valence-corrected chi connectivity index (χ0v) is 21.8. The van der Waals surface area contributed by atoms with Crippen LogP contribution in [0.3, 0.4) is 0 Å². The fraction of sp³-hybridized carbons (Fsp3) is 0.292. The van der Waals surface area contributed by atoms with Crippen LogP contribution in [0.2, 0.25) is 14.8 Å². The first-order chi connectivity index (χ1) is 15.1. The van der Waals surface area contributed by atoms with E-state index < -0.39 is 32.0 Å². The fourth-order valence-electron chi connectivity index (χ4n) is 3.20. The van der Waals surface area contributed by atoms with Crippen molar-refractivity contribution in [2.75, 3.05) is 7.11 Å². The molecule has 0 radical (unpaired) electrons. The molecule has 0 spiro atoms. The molecule has 3 aromatic rings. The number of carbonyl (C=O) groups excluding carboxylic acids is 2. The summed E-state index contributed by atoms with van der Waals surface area (Å²) in [5.74, 6) is -0.391. The summed E-state index contributed by atoms with van der Waals surface area (Å²) >= 11 is 11.3. The monoisotopic (exact) mass is 535 g/mol. The van der Waals surface area contributed by atoms with E-state index in [4.69, 9.17) is 37.7 Å². The SMILES string of the molecule is COC(=O)C(Cc1ccc2nc(-c3c(Cl)cccc3Cl)ccc2c1)[AsH]C(=O)OC(C)(C)C. The number of rotatable bonds is 6. The van der Waals surface area contributed by atoms with Crippen LogP contribution in [0.15, 0.2) is 48.5 Å². The Morgan fingerprint density at radius 3 is 2.38 bits per heavy atom. The first kappa shape index (κ1) is 24.6. The van der Waals surface area contributed by atoms with Gasteiger partial charge in [-0.2, -0.15) is 0 Å². The zero-order valence-electron chi connectivity index (χ0n) is 18.2. The van der Waals surface area contributed by atoms with Crippen molar-refractivity contribution < 1.29 is 19.1 Å². The quantitative estimate of drug-likeness (QED) is 0.282. The first-order valence-corrected chi connectivity index (χ1v) is 13.0. The Kier molecular flexibility index (Phi) is 7.87. The summed E-state index contributed by atoms with van der Waals surface area (Å²) in [6, 6.07) is 14.9. The van der Waals surface area contributed by atoms with Crippen molar-refractivity contribution in [3.8, 4) is 11.3 Å². The van der Waals surface area contributed by atoms with Gasteiger partial charge in [0.2, 0.25) is 0 Å². The van der Waals surface area contributed by atoms with Gasteiger partial charge in [-0.15, -0.1) is 0 Å². The molecule has 0 aliphatic carbocycles. The van der Waals surface area contributed by atoms with Gasteiger partial charge in [-0.3, -0.25) is 0 Å². The molecule has 0 aliphatic rings. The summed E-state index contributed by atoms with van der Waals surface area (Å²) < 4.78 is 9.54. The molecule has 8 heteroatoms. The summed E-state index contributed by atoms with van der Waals surface area (Å²) in [4.78, 5) is 29.3. The molecule has 0 fully saturated rings. The second-order valence-corrected chi connectivity index (χ2v) is 12.0. The normalized spacial score (nSPS) is 12.8. The molecule has 2 atom stereocenters. The second kappa shape index (κ2) is 10.2. The van der Waals surface area contributed by atoms with Crippen molar-refractivity contribution in [3.63, 3.8) is 0 Å². The summed E-state index contributed by atoms with van der Waals surface area (Å²) in [5.41, 5.74) is 2.49. The zero-order chi connectivity index (χ0) is 23.5. The van der Waals surface area contributed by atoms with Crippen LogP contribution in [-0.2, 0) is 20.7 Å². The van der Waals surface area contributed by atoms with Gasteiger partial charge in [0.1, 0.15) is 0 Å². The Morgan fingerprint density at radius 1 is 1.06 bits per heavy atom. The predicted molar refractivity (Wildman–Crippen MR) is 130 cm³/mol. The van der Waals surface area contributed by atoms with E-state index in [2.05, 4.69) is 0 Å². The summed E-state index contributed by atoms with van der Waals surface area (Å²) in [7, 11) is 1.34. The van der Waals surface area contributed by atoms with Crippen LogP contribution in [0.25, 0.3) is 22.2 Å². The topological polar surface area (TPSA) is 65.5 Å². The van der Waals surface area contributed by atoms with E-state index in [-0.39, 0.29) is 4.76 Å². The van der Waals surface area contributed by atoms with E-state index in [0.717, 1.165) is 16.5 Å². The molecule has 2 unspecified atom stereocenters. The number of carbonyl (C=O) groups is 2. The summed E-state index contributed by atoms with van der Waals surface area (Å²) in [5, 5.41) is 1.98. The van der Waals surface area contributed by atoms with Crippen LogP contribution in [0.1, 0.15) is 26.3 Å². The second-order valence-electron chi connectivity index (χ2n) is 8.25. The van der Waals surface area contributed by atoms with E-state index in [0.29, 0.717) is 27.7 Å². The van der Waals surface area contributed by atoms with Crippen molar-refractivity contribution >= 4 is 60.6 Å². The molecular formula is C24H24AsCl2NO4. The maximum absolute atomic E-state index is 12.3. The Balaban J connectivity index is 1.85. The average molecular weight is 536 g/mol. The van der Waals surface area contributed by atoms with Crippen LogP contribution >= 0.6 is 23.2 Å². The molecular weight excluding hydrogens is 512 g/mol. The van der Waals surface area contributed by atoms with Crippen molar-refractivity contribution in [2.24, 2.45) is 0 Å². The number of ether oxygens (including phenoxy) is 2. The van der Waals surface area contributed by atoms with Gasteiger partial charge >= 0.3 is 205 Å². The van der Waals surface area contributed by atoms with Crippen molar-refractivity contribution in [2.45, 2.75) is 37.5 Å². The third kappa shape index (κ3) is 6.25. The summed E-state index contributed by atoms with van der Waals surface area (Å²) in [6.45, 7) is 5.43. The Bertz CT molecular complexity index is 1140.